The van der Waals surface area contributed by atoms with Crippen LogP contribution in [0.25, 0.3) is 11.1 Å². The molecule has 0 saturated carbocycles. The Labute approximate surface area is 94.2 Å². The molecule has 2 rings (SSSR count). The number of rotatable bonds is 1. The Hall–Kier alpha value is -1.83. The summed E-state index contributed by atoms with van der Waals surface area (Å²) in [5.74, 6) is -0.110. The molecule has 0 saturated heterocycles. The summed E-state index contributed by atoms with van der Waals surface area (Å²) in [7, 11) is 0. The fourth-order valence-electron chi connectivity index (χ4n) is 1.75. The number of phenolic OH excluding ortho intramolecular Hbond substituents is 1. The van der Waals surface area contributed by atoms with E-state index >= 15 is 0 Å². The van der Waals surface area contributed by atoms with Gasteiger partial charge >= 0.3 is 0 Å². The molecule has 0 aliphatic carbocycles. The number of hydrogen-bond acceptors (Lipinski definition) is 1. The van der Waals surface area contributed by atoms with Gasteiger partial charge in [0.1, 0.15) is 11.6 Å². The van der Waals surface area contributed by atoms with E-state index in [1.807, 2.05) is 26.0 Å². The molecule has 0 radical (unpaired) electrons. The third kappa shape index (κ3) is 1.91. The maximum Gasteiger partial charge on any atom is 0.123 e. The first kappa shape index (κ1) is 10.7. The molecule has 0 fully saturated rings. The largest absolute Gasteiger partial charge is 0.507 e. The Morgan fingerprint density at radius 2 is 1.69 bits per heavy atom. The van der Waals surface area contributed by atoms with Crippen molar-refractivity contribution in [2.45, 2.75) is 13.8 Å². The Kier molecular flexibility index (Phi) is 2.65. The maximum atomic E-state index is 13.2. The van der Waals surface area contributed by atoms with Gasteiger partial charge in [-0.25, -0.2) is 4.39 Å². The van der Waals surface area contributed by atoms with E-state index in [-0.39, 0.29) is 11.6 Å². The van der Waals surface area contributed by atoms with Crippen molar-refractivity contribution in [3.63, 3.8) is 0 Å². The lowest BCUT2D eigenvalue weighted by Crippen LogP contribution is -1.87. The fraction of sp³-hybridized carbons (Fsp3) is 0.143. The summed E-state index contributed by atoms with van der Waals surface area (Å²) in [5, 5.41) is 9.78. The third-order valence-corrected chi connectivity index (χ3v) is 2.64. The zero-order valence-corrected chi connectivity index (χ0v) is 9.29. The van der Waals surface area contributed by atoms with E-state index < -0.39 is 0 Å². The van der Waals surface area contributed by atoms with E-state index in [0.717, 1.165) is 16.7 Å². The lowest BCUT2D eigenvalue weighted by molar-refractivity contribution is 0.477. The van der Waals surface area contributed by atoms with Crippen molar-refractivity contribution in [1.29, 1.82) is 0 Å². The van der Waals surface area contributed by atoms with Gasteiger partial charge in [-0.15, -0.1) is 0 Å². The monoisotopic (exact) mass is 216 g/mol. The SMILES string of the molecule is Cc1ccc(O)c(-c2cc(F)ccc2C)c1. The molecular formula is C14H13FO. The highest BCUT2D eigenvalue weighted by atomic mass is 19.1. The number of aryl methyl sites for hydroxylation is 2. The van der Waals surface area contributed by atoms with Crippen LogP contribution in [0.2, 0.25) is 0 Å². The summed E-state index contributed by atoms with van der Waals surface area (Å²) in [4.78, 5) is 0. The molecule has 1 N–H and O–H groups in total. The van der Waals surface area contributed by atoms with E-state index in [2.05, 4.69) is 0 Å². The van der Waals surface area contributed by atoms with Crippen molar-refractivity contribution in [1.82, 2.24) is 0 Å². The summed E-state index contributed by atoms with van der Waals surface area (Å²) in [5.41, 5.74) is 3.40. The molecule has 0 spiro atoms. The molecule has 1 nitrogen and oxygen atoms in total. The van der Waals surface area contributed by atoms with E-state index in [9.17, 15) is 9.50 Å². The van der Waals surface area contributed by atoms with Crippen LogP contribution in [0.4, 0.5) is 4.39 Å². The van der Waals surface area contributed by atoms with Crippen molar-refractivity contribution in [2.24, 2.45) is 0 Å². The Morgan fingerprint density at radius 3 is 2.44 bits per heavy atom. The summed E-state index contributed by atoms with van der Waals surface area (Å²) in [6.45, 7) is 3.84. The minimum Gasteiger partial charge on any atom is -0.507 e. The van der Waals surface area contributed by atoms with Crippen LogP contribution in [0.3, 0.4) is 0 Å². The van der Waals surface area contributed by atoms with Gasteiger partial charge in [0.25, 0.3) is 0 Å². The number of halogens is 1. The average molecular weight is 216 g/mol. The van der Waals surface area contributed by atoms with Gasteiger partial charge in [0.05, 0.1) is 0 Å². The van der Waals surface area contributed by atoms with Gasteiger partial charge in [-0.3, -0.25) is 0 Å². The predicted octanol–water partition coefficient (Wildman–Crippen LogP) is 3.82. The van der Waals surface area contributed by atoms with E-state index in [4.69, 9.17) is 0 Å². The van der Waals surface area contributed by atoms with Crippen LogP contribution in [-0.2, 0) is 0 Å². The van der Waals surface area contributed by atoms with E-state index in [1.165, 1.54) is 12.1 Å². The van der Waals surface area contributed by atoms with E-state index in [1.54, 1.807) is 12.1 Å². The zero-order valence-electron chi connectivity index (χ0n) is 9.29. The molecule has 0 atom stereocenters. The van der Waals surface area contributed by atoms with Gasteiger partial charge in [-0.2, -0.15) is 0 Å². The minimum atomic E-state index is -0.290. The lowest BCUT2D eigenvalue weighted by Gasteiger charge is -2.09. The van der Waals surface area contributed by atoms with Crippen LogP contribution in [0, 0.1) is 19.7 Å². The topological polar surface area (TPSA) is 20.2 Å². The predicted molar refractivity (Wildman–Crippen MR) is 63.0 cm³/mol. The lowest BCUT2D eigenvalue weighted by atomic mass is 9.98. The van der Waals surface area contributed by atoms with Crippen LogP contribution < -0.4 is 0 Å². The standard InChI is InChI=1S/C14H13FO/c1-9-3-6-14(16)13(7-9)12-8-11(15)5-4-10(12)2/h3-8,16H,1-2H3. The van der Waals surface area contributed by atoms with Crippen molar-refractivity contribution in [2.75, 3.05) is 0 Å². The molecule has 0 unspecified atom stereocenters. The molecule has 0 amide bonds. The highest BCUT2D eigenvalue weighted by Gasteiger charge is 2.08. The Bertz CT molecular complexity index is 483. The zero-order chi connectivity index (χ0) is 11.7. The summed E-state index contributed by atoms with van der Waals surface area (Å²) >= 11 is 0. The van der Waals surface area contributed by atoms with Gasteiger partial charge in [0.15, 0.2) is 0 Å². The second kappa shape index (κ2) is 3.97. The first-order chi connectivity index (χ1) is 7.58. The van der Waals surface area contributed by atoms with Crippen molar-refractivity contribution in [3.05, 3.63) is 53.3 Å². The first-order valence-corrected chi connectivity index (χ1v) is 5.14. The van der Waals surface area contributed by atoms with Crippen LogP contribution in [0.1, 0.15) is 11.1 Å². The Balaban J connectivity index is 2.66. The molecular weight excluding hydrogens is 203 g/mol. The van der Waals surface area contributed by atoms with Crippen LogP contribution in [0.5, 0.6) is 5.75 Å². The summed E-state index contributed by atoms with van der Waals surface area (Å²) < 4.78 is 13.2. The molecule has 0 aromatic heterocycles. The molecule has 0 bridgehead atoms. The second-order valence-electron chi connectivity index (χ2n) is 3.98. The van der Waals surface area contributed by atoms with Crippen molar-refractivity contribution < 1.29 is 9.50 Å². The van der Waals surface area contributed by atoms with Gasteiger partial charge in [-0.1, -0.05) is 17.7 Å². The molecule has 0 aliphatic rings. The Morgan fingerprint density at radius 1 is 0.938 bits per heavy atom. The fourth-order valence-corrected chi connectivity index (χ4v) is 1.75. The van der Waals surface area contributed by atoms with Crippen molar-refractivity contribution in [3.8, 4) is 16.9 Å². The first-order valence-electron chi connectivity index (χ1n) is 5.14. The quantitative estimate of drug-likeness (QED) is 0.768. The maximum absolute atomic E-state index is 13.2. The summed E-state index contributed by atoms with van der Waals surface area (Å²) in [6, 6.07) is 9.90. The van der Waals surface area contributed by atoms with Gasteiger partial charge in [-0.05, 0) is 49.2 Å². The summed E-state index contributed by atoms with van der Waals surface area (Å²) in [6.07, 6.45) is 0. The van der Waals surface area contributed by atoms with E-state index in [0.29, 0.717) is 5.56 Å². The number of hydrogen-bond donors (Lipinski definition) is 1. The molecule has 82 valence electrons. The molecule has 0 aliphatic heterocycles. The highest BCUT2D eigenvalue weighted by Crippen LogP contribution is 2.32. The van der Waals surface area contributed by atoms with Gasteiger partial charge in [0.2, 0.25) is 0 Å². The highest BCUT2D eigenvalue weighted by molar-refractivity contribution is 5.73. The average Bonchev–Trinajstić information content (AvgIpc) is 2.25. The molecule has 0 heterocycles. The number of aromatic hydroxyl groups is 1. The third-order valence-electron chi connectivity index (χ3n) is 2.64. The second-order valence-corrected chi connectivity index (χ2v) is 3.98. The van der Waals surface area contributed by atoms with Gasteiger partial charge in [0, 0.05) is 5.56 Å². The molecule has 2 aromatic rings. The van der Waals surface area contributed by atoms with Crippen LogP contribution in [0.15, 0.2) is 36.4 Å². The smallest absolute Gasteiger partial charge is 0.123 e. The normalized spacial score (nSPS) is 10.4. The van der Waals surface area contributed by atoms with Gasteiger partial charge < -0.3 is 5.11 Å². The van der Waals surface area contributed by atoms with Crippen LogP contribution >= 0.6 is 0 Å². The van der Waals surface area contributed by atoms with Crippen LogP contribution in [-0.4, -0.2) is 5.11 Å². The molecule has 16 heavy (non-hydrogen) atoms. The molecule has 2 heteroatoms. The number of benzene rings is 2. The van der Waals surface area contributed by atoms with Crippen molar-refractivity contribution >= 4 is 0 Å². The number of phenols is 1. The minimum absolute atomic E-state index is 0.180. The molecule has 2 aromatic carbocycles.